The Labute approximate surface area is 229 Å². The molecule has 40 heavy (non-hydrogen) atoms. The van der Waals surface area contributed by atoms with Gasteiger partial charge in [0.2, 0.25) is 5.95 Å². The average Bonchev–Trinajstić information content (AvgIpc) is 3.40. The minimum Gasteiger partial charge on any atom is -0.495 e. The Bertz CT molecular complexity index is 1340. The van der Waals surface area contributed by atoms with Gasteiger partial charge in [0.25, 0.3) is 11.8 Å². The van der Waals surface area contributed by atoms with E-state index in [9.17, 15) is 18.4 Å². The third-order valence-corrected chi connectivity index (χ3v) is 8.61. The van der Waals surface area contributed by atoms with Gasteiger partial charge in [-0.2, -0.15) is 13.8 Å². The van der Waals surface area contributed by atoms with E-state index in [1.165, 1.54) is 31.3 Å². The predicted octanol–water partition coefficient (Wildman–Crippen LogP) is 3.21. The minimum atomic E-state index is -3.59. The van der Waals surface area contributed by atoms with Crippen LogP contribution in [0.15, 0.2) is 18.3 Å². The van der Waals surface area contributed by atoms with Crippen LogP contribution in [0, 0.1) is 11.2 Å². The van der Waals surface area contributed by atoms with E-state index < -0.39 is 30.1 Å². The highest BCUT2D eigenvalue weighted by Gasteiger charge is 2.50. The Kier molecular flexibility index (Phi) is 6.51. The lowest BCUT2D eigenvalue weighted by Crippen LogP contribution is -2.65. The molecule has 1 aromatic heterocycles. The molecule has 1 spiro atoms. The molecular weight excluding hydrogens is 527 g/mol. The van der Waals surface area contributed by atoms with Gasteiger partial charge in [0.1, 0.15) is 17.3 Å². The van der Waals surface area contributed by atoms with Crippen molar-refractivity contribution >= 4 is 35.0 Å². The first-order chi connectivity index (χ1) is 19.1. The van der Waals surface area contributed by atoms with E-state index in [1.54, 1.807) is 0 Å². The molecule has 2 amide bonds. The number of nitrogens with one attached hydrogen (secondary N) is 3. The molecule has 13 heteroatoms. The van der Waals surface area contributed by atoms with Gasteiger partial charge in [-0.1, -0.05) is 12.8 Å². The Balaban J connectivity index is 1.26. The molecule has 0 radical (unpaired) electrons. The van der Waals surface area contributed by atoms with E-state index in [1.807, 2.05) is 0 Å². The van der Waals surface area contributed by atoms with Crippen LogP contribution in [0.4, 0.5) is 36.3 Å². The zero-order valence-corrected chi connectivity index (χ0v) is 22.4. The summed E-state index contributed by atoms with van der Waals surface area (Å²) >= 11 is 0. The van der Waals surface area contributed by atoms with Gasteiger partial charge in [0, 0.05) is 38.3 Å². The molecule has 1 aromatic carbocycles. The monoisotopic (exact) mass is 559 g/mol. The first kappa shape index (κ1) is 26.6. The lowest BCUT2D eigenvalue weighted by molar-refractivity contribution is -0.140. The summed E-state index contributed by atoms with van der Waals surface area (Å²) in [4.78, 5) is 36.4. The Morgan fingerprint density at radius 1 is 1.20 bits per heavy atom. The van der Waals surface area contributed by atoms with Crippen molar-refractivity contribution in [3.8, 4) is 5.75 Å². The second kappa shape index (κ2) is 9.79. The van der Waals surface area contributed by atoms with Crippen molar-refractivity contribution in [2.45, 2.75) is 56.5 Å². The average molecular weight is 560 g/mol. The van der Waals surface area contributed by atoms with Gasteiger partial charge >= 0.3 is 5.92 Å². The summed E-state index contributed by atoms with van der Waals surface area (Å²) in [6, 6.07) is 2.25. The van der Waals surface area contributed by atoms with Gasteiger partial charge in [0.05, 0.1) is 31.1 Å². The number of hydrogen-bond acceptors (Lipinski definition) is 8. The quantitative estimate of drug-likeness (QED) is 0.495. The van der Waals surface area contributed by atoms with Gasteiger partial charge in [-0.25, -0.2) is 9.37 Å². The van der Waals surface area contributed by atoms with Crippen molar-refractivity contribution in [2.24, 2.45) is 5.41 Å². The molecule has 214 valence electrons. The number of nitrogens with zero attached hydrogens (tertiary/aromatic N) is 4. The lowest BCUT2D eigenvalue weighted by Gasteiger charge is -2.54. The molecule has 3 N–H and O–H groups in total. The number of alkyl halides is 2. The normalized spacial score (nSPS) is 21.9. The summed E-state index contributed by atoms with van der Waals surface area (Å²) in [7, 11) is 2.67. The maximum Gasteiger partial charge on any atom is 0.342 e. The number of carbonyl (C=O) groups is 2. The van der Waals surface area contributed by atoms with Crippen LogP contribution in [0.2, 0.25) is 0 Å². The van der Waals surface area contributed by atoms with Crippen LogP contribution < -0.4 is 30.5 Å². The molecule has 10 nitrogen and oxygen atoms in total. The number of anilines is 4. The number of carbonyl (C=O) groups excluding carboxylic acids is 2. The third kappa shape index (κ3) is 4.59. The maximum atomic E-state index is 15.2. The van der Waals surface area contributed by atoms with Crippen LogP contribution in [0.25, 0.3) is 0 Å². The zero-order valence-electron chi connectivity index (χ0n) is 22.4. The van der Waals surface area contributed by atoms with E-state index in [0.29, 0.717) is 12.8 Å². The summed E-state index contributed by atoms with van der Waals surface area (Å²) in [5.41, 5.74) is 0.449. The number of halogens is 3. The molecule has 4 aliphatic rings. The molecule has 1 saturated heterocycles. The fourth-order valence-electron chi connectivity index (χ4n) is 6.34. The molecule has 2 aliphatic carbocycles. The molecule has 2 saturated carbocycles. The number of ether oxygens (including phenoxy) is 1. The van der Waals surface area contributed by atoms with Gasteiger partial charge in [-0.3, -0.25) is 9.59 Å². The van der Waals surface area contributed by atoms with Crippen molar-refractivity contribution in [3.63, 3.8) is 0 Å². The highest BCUT2D eigenvalue weighted by atomic mass is 19.3. The largest absolute Gasteiger partial charge is 0.495 e. The smallest absolute Gasteiger partial charge is 0.342 e. The van der Waals surface area contributed by atoms with Crippen molar-refractivity contribution < 1.29 is 27.5 Å². The van der Waals surface area contributed by atoms with Crippen molar-refractivity contribution in [1.82, 2.24) is 20.6 Å². The van der Waals surface area contributed by atoms with Crippen LogP contribution >= 0.6 is 0 Å². The number of fused-ring (bicyclic) bond motifs is 1. The molecular formula is C27H32F3N7O3. The van der Waals surface area contributed by atoms with Crippen LogP contribution in [0.5, 0.6) is 5.75 Å². The second-order valence-corrected chi connectivity index (χ2v) is 11.4. The minimum absolute atomic E-state index is 0.00553. The summed E-state index contributed by atoms with van der Waals surface area (Å²) in [6.07, 6.45) is 6.26. The molecule has 0 atom stereocenters. The summed E-state index contributed by atoms with van der Waals surface area (Å²) < 4.78 is 50.3. The summed E-state index contributed by atoms with van der Waals surface area (Å²) in [5.74, 6) is -5.79. The third-order valence-electron chi connectivity index (χ3n) is 8.61. The SMILES string of the molecule is COc1cc(C(=O)NC2CC3(CNC3)C2)c(F)cc1Nc1ncc2c(n1)N(C1CCCC1)CC(F)(F)C(=O)N2C. The topological polar surface area (TPSA) is 112 Å². The molecule has 3 heterocycles. The van der Waals surface area contributed by atoms with Crippen LogP contribution in [-0.2, 0) is 4.79 Å². The van der Waals surface area contributed by atoms with Gasteiger partial charge in [-0.05, 0) is 37.2 Å². The van der Waals surface area contributed by atoms with Crippen LogP contribution in [-0.4, -0.2) is 73.6 Å². The number of hydrogen-bond donors (Lipinski definition) is 3. The van der Waals surface area contributed by atoms with Gasteiger partial charge in [-0.15, -0.1) is 0 Å². The number of amides is 2. The number of benzene rings is 1. The maximum absolute atomic E-state index is 15.2. The van der Waals surface area contributed by atoms with Gasteiger partial charge in [0.15, 0.2) is 5.82 Å². The molecule has 2 aromatic rings. The first-order valence-electron chi connectivity index (χ1n) is 13.5. The summed E-state index contributed by atoms with van der Waals surface area (Å²) in [6.45, 7) is 1.10. The second-order valence-electron chi connectivity index (χ2n) is 11.4. The Hall–Kier alpha value is -3.61. The van der Waals surface area contributed by atoms with E-state index in [0.717, 1.165) is 49.7 Å². The van der Waals surface area contributed by atoms with Crippen molar-refractivity contribution in [3.05, 3.63) is 29.7 Å². The standard InChI is InChI=1S/C27H32F3N7O3/c1-36-20-11-32-25(35-22(20)37(16-5-3-4-6-16)14-27(29,30)24(36)39)34-19-8-18(28)17(7-21(19)40-2)23(38)33-15-9-26(10-15)12-31-13-26/h7-8,11,15-16,31H,3-6,9-10,12-14H2,1-2H3,(H,33,38)(H,32,34,35). The van der Waals surface area contributed by atoms with Gasteiger partial charge < -0.3 is 30.5 Å². The number of methoxy groups -OCH3 is 1. The predicted molar refractivity (Wildman–Crippen MR) is 142 cm³/mol. The van der Waals surface area contributed by atoms with Crippen LogP contribution in [0.3, 0.4) is 0 Å². The fraction of sp³-hybridized carbons (Fsp3) is 0.556. The number of aromatic nitrogens is 2. The lowest BCUT2D eigenvalue weighted by atomic mass is 9.61. The summed E-state index contributed by atoms with van der Waals surface area (Å²) in [5, 5.41) is 9.05. The van der Waals surface area contributed by atoms with Crippen LogP contribution in [0.1, 0.15) is 48.9 Å². The van der Waals surface area contributed by atoms with E-state index in [-0.39, 0.29) is 52.0 Å². The highest BCUT2D eigenvalue weighted by molar-refractivity contribution is 6.02. The van der Waals surface area contributed by atoms with Crippen molar-refractivity contribution in [2.75, 3.05) is 48.9 Å². The van der Waals surface area contributed by atoms with E-state index >= 15 is 4.39 Å². The molecule has 6 rings (SSSR count). The molecule has 0 unspecified atom stereocenters. The van der Waals surface area contributed by atoms with Crippen molar-refractivity contribution in [1.29, 1.82) is 0 Å². The number of rotatable bonds is 6. The first-order valence-corrected chi connectivity index (χ1v) is 13.5. The zero-order chi connectivity index (χ0) is 28.2. The molecule has 3 fully saturated rings. The van der Waals surface area contributed by atoms with E-state index in [4.69, 9.17) is 4.74 Å². The van der Waals surface area contributed by atoms with E-state index in [2.05, 4.69) is 25.9 Å². The Morgan fingerprint density at radius 2 is 1.93 bits per heavy atom. The molecule has 2 aliphatic heterocycles. The molecule has 0 bridgehead atoms. The highest BCUT2D eigenvalue weighted by Crippen LogP contribution is 2.44. The Morgan fingerprint density at radius 3 is 2.58 bits per heavy atom. The fourth-order valence-corrected chi connectivity index (χ4v) is 6.34.